The molecule has 0 saturated carbocycles. The van der Waals surface area contributed by atoms with Gasteiger partial charge in [-0.15, -0.1) is 0 Å². The van der Waals surface area contributed by atoms with Crippen LogP contribution < -0.4 is 0 Å². The van der Waals surface area contributed by atoms with Crippen LogP contribution in [0.5, 0.6) is 0 Å². The summed E-state index contributed by atoms with van der Waals surface area (Å²) in [4.78, 5) is 21.1. The Morgan fingerprint density at radius 1 is 1.58 bits per heavy atom. The predicted molar refractivity (Wildman–Crippen MR) is 63.7 cm³/mol. The van der Waals surface area contributed by atoms with Crippen molar-refractivity contribution in [2.45, 2.75) is 25.7 Å². The molecule has 0 amide bonds. The largest absolute Gasteiger partial charge is 0.469 e. The van der Waals surface area contributed by atoms with Crippen LogP contribution in [-0.4, -0.2) is 16.4 Å². The van der Waals surface area contributed by atoms with Crippen LogP contribution in [-0.2, 0) is 11.2 Å². The van der Waals surface area contributed by atoms with Crippen molar-refractivity contribution in [3.8, 4) is 0 Å². The van der Waals surface area contributed by atoms with E-state index in [1.54, 1.807) is 12.1 Å². The van der Waals surface area contributed by atoms with Crippen LogP contribution in [0, 0.1) is 17.0 Å². The Morgan fingerprint density at radius 3 is 2.95 bits per heavy atom. The highest BCUT2D eigenvalue weighted by atomic mass is 16.6. The lowest BCUT2D eigenvalue weighted by Crippen LogP contribution is -2.04. The lowest BCUT2D eigenvalue weighted by molar-refractivity contribution is -0.386. The zero-order chi connectivity index (χ0) is 13.8. The molecule has 0 radical (unpaired) electrons. The molecule has 2 heterocycles. The summed E-state index contributed by atoms with van der Waals surface area (Å²) in [5.74, 6) is 0.458. The lowest BCUT2D eigenvalue weighted by atomic mass is 9.97. The second-order valence-corrected chi connectivity index (χ2v) is 4.12. The number of carbonyl (C=O) groups excluding carboxylic acids is 1. The van der Waals surface area contributed by atoms with E-state index in [9.17, 15) is 14.9 Å². The van der Waals surface area contributed by atoms with Crippen molar-refractivity contribution in [3.05, 3.63) is 45.7 Å². The third-order valence-corrected chi connectivity index (χ3v) is 2.84. The van der Waals surface area contributed by atoms with Gasteiger partial charge in [0, 0.05) is 18.8 Å². The third-order valence-electron chi connectivity index (χ3n) is 2.84. The minimum Gasteiger partial charge on any atom is -0.469 e. The van der Waals surface area contributed by atoms with E-state index < -0.39 is 4.92 Å². The van der Waals surface area contributed by atoms with Gasteiger partial charge in [0.2, 0.25) is 5.76 Å². The fraction of sp³-hybridized carbons (Fsp3) is 0.333. The molecule has 0 saturated heterocycles. The predicted octanol–water partition coefficient (Wildman–Crippen LogP) is 2.40. The first-order valence-electron chi connectivity index (χ1n) is 5.70. The number of furan rings is 1. The van der Waals surface area contributed by atoms with E-state index in [1.165, 1.54) is 13.2 Å². The molecule has 2 aromatic heterocycles. The van der Waals surface area contributed by atoms with Gasteiger partial charge in [0.1, 0.15) is 12.0 Å². The molecule has 0 aliphatic carbocycles. The first-order valence-corrected chi connectivity index (χ1v) is 5.70. The zero-order valence-electron chi connectivity index (χ0n) is 10.2. The number of aromatic nitrogens is 1. The van der Waals surface area contributed by atoms with E-state index in [1.807, 2.05) is 0 Å². The number of rotatable bonds is 6. The van der Waals surface area contributed by atoms with Crippen LogP contribution >= 0.6 is 0 Å². The lowest BCUT2D eigenvalue weighted by Gasteiger charge is -2.08. The monoisotopic (exact) mass is 264 g/mol. The van der Waals surface area contributed by atoms with E-state index in [0.29, 0.717) is 5.76 Å². The van der Waals surface area contributed by atoms with Gasteiger partial charge >= 0.3 is 5.69 Å². The molecule has 100 valence electrons. The van der Waals surface area contributed by atoms with Gasteiger partial charge in [-0.25, -0.2) is 0 Å². The summed E-state index contributed by atoms with van der Waals surface area (Å²) >= 11 is 0. The molecule has 0 unspecified atom stereocenters. The number of nitro groups is 1. The van der Waals surface area contributed by atoms with Crippen LogP contribution in [0.25, 0.3) is 0 Å². The van der Waals surface area contributed by atoms with Gasteiger partial charge in [-0.1, -0.05) is 5.16 Å². The Morgan fingerprint density at radius 2 is 2.37 bits per heavy atom. The Hall–Kier alpha value is -2.44. The molecule has 0 aliphatic rings. The number of hydrogen-bond acceptors (Lipinski definition) is 6. The van der Waals surface area contributed by atoms with E-state index in [2.05, 4.69) is 5.16 Å². The van der Waals surface area contributed by atoms with E-state index in [4.69, 9.17) is 8.94 Å². The van der Waals surface area contributed by atoms with Gasteiger partial charge in [0.15, 0.2) is 5.69 Å². The fourth-order valence-corrected chi connectivity index (χ4v) is 1.94. The van der Waals surface area contributed by atoms with Crippen molar-refractivity contribution >= 4 is 12.0 Å². The fourth-order valence-electron chi connectivity index (χ4n) is 1.94. The summed E-state index contributed by atoms with van der Waals surface area (Å²) in [5, 5.41) is 14.5. The Labute approximate surface area is 108 Å². The SMILES string of the molecule is Cc1noc(C[C@@H](CC=O)c2ccco2)c1[N+](=O)[O-]. The van der Waals surface area contributed by atoms with Crippen molar-refractivity contribution in [2.75, 3.05) is 0 Å². The highest BCUT2D eigenvalue weighted by Gasteiger charge is 2.28. The minimum atomic E-state index is -0.527. The van der Waals surface area contributed by atoms with Crippen molar-refractivity contribution < 1.29 is 18.7 Å². The molecule has 0 aliphatic heterocycles. The number of hydrogen-bond donors (Lipinski definition) is 0. The van der Waals surface area contributed by atoms with Gasteiger partial charge in [0.25, 0.3) is 0 Å². The smallest absolute Gasteiger partial charge is 0.334 e. The summed E-state index contributed by atoms with van der Waals surface area (Å²) in [6.45, 7) is 1.51. The quantitative estimate of drug-likeness (QED) is 0.451. The molecule has 2 aromatic rings. The molecule has 0 N–H and O–H groups in total. The molecule has 0 aromatic carbocycles. The molecule has 7 nitrogen and oxygen atoms in total. The first-order chi connectivity index (χ1) is 9.13. The van der Waals surface area contributed by atoms with Crippen molar-refractivity contribution in [2.24, 2.45) is 0 Å². The van der Waals surface area contributed by atoms with Gasteiger partial charge in [-0.3, -0.25) is 10.1 Å². The summed E-state index contributed by atoms with van der Waals surface area (Å²) in [6.07, 6.45) is 2.64. The molecule has 19 heavy (non-hydrogen) atoms. The van der Waals surface area contributed by atoms with Gasteiger partial charge in [-0.2, -0.15) is 0 Å². The normalized spacial score (nSPS) is 12.3. The molecule has 2 rings (SSSR count). The van der Waals surface area contributed by atoms with Gasteiger partial charge < -0.3 is 13.7 Å². The molecule has 0 spiro atoms. The number of nitrogens with zero attached hydrogens (tertiary/aromatic N) is 2. The second-order valence-electron chi connectivity index (χ2n) is 4.12. The zero-order valence-corrected chi connectivity index (χ0v) is 10.2. The maximum absolute atomic E-state index is 10.9. The van der Waals surface area contributed by atoms with Crippen molar-refractivity contribution in [3.63, 3.8) is 0 Å². The van der Waals surface area contributed by atoms with Gasteiger partial charge in [0.05, 0.1) is 11.2 Å². The average molecular weight is 264 g/mol. The topological polar surface area (TPSA) is 99.4 Å². The average Bonchev–Trinajstić information content (AvgIpc) is 2.98. The Bertz CT molecular complexity index is 573. The molecule has 0 bridgehead atoms. The maximum atomic E-state index is 10.9. The summed E-state index contributed by atoms with van der Waals surface area (Å²) < 4.78 is 10.2. The standard InChI is InChI=1S/C12H12N2O5/c1-8-12(14(16)17)11(19-13-8)7-9(4-5-15)10-3-2-6-18-10/h2-3,5-6,9H,4,7H2,1H3/t9-/m1/s1. The van der Waals surface area contributed by atoms with Crippen molar-refractivity contribution in [1.29, 1.82) is 0 Å². The summed E-state index contributed by atoms with van der Waals surface area (Å²) in [6, 6.07) is 3.43. The van der Waals surface area contributed by atoms with E-state index in [0.717, 1.165) is 6.29 Å². The summed E-state index contributed by atoms with van der Waals surface area (Å²) in [5.41, 5.74) is 0.0896. The van der Waals surface area contributed by atoms with Gasteiger partial charge in [-0.05, 0) is 19.1 Å². The van der Waals surface area contributed by atoms with Crippen LogP contribution in [0.15, 0.2) is 27.3 Å². The molecule has 0 fully saturated rings. The number of aryl methyl sites for hydroxylation is 1. The third kappa shape index (κ3) is 2.70. The van der Waals surface area contributed by atoms with E-state index in [-0.39, 0.29) is 35.9 Å². The number of carbonyl (C=O) groups is 1. The summed E-state index contributed by atoms with van der Waals surface area (Å²) in [7, 11) is 0. The molecule has 7 heteroatoms. The number of aldehydes is 1. The molecular formula is C12H12N2O5. The Kier molecular flexibility index (Phi) is 3.74. The molecule has 1 atom stereocenters. The first kappa shape index (κ1) is 13.0. The van der Waals surface area contributed by atoms with Crippen LogP contribution in [0.4, 0.5) is 5.69 Å². The maximum Gasteiger partial charge on any atom is 0.334 e. The van der Waals surface area contributed by atoms with Crippen LogP contribution in [0.3, 0.4) is 0 Å². The van der Waals surface area contributed by atoms with E-state index >= 15 is 0 Å². The van der Waals surface area contributed by atoms with Crippen LogP contribution in [0.1, 0.15) is 29.6 Å². The Balaban J connectivity index is 2.27. The van der Waals surface area contributed by atoms with Crippen LogP contribution in [0.2, 0.25) is 0 Å². The highest BCUT2D eigenvalue weighted by molar-refractivity contribution is 5.51. The second kappa shape index (κ2) is 5.47. The minimum absolute atomic E-state index is 0.137. The molecular weight excluding hydrogens is 252 g/mol. The highest BCUT2D eigenvalue weighted by Crippen LogP contribution is 2.30. The van der Waals surface area contributed by atoms with Crippen molar-refractivity contribution in [1.82, 2.24) is 5.16 Å².